The first kappa shape index (κ1) is 23.7. The summed E-state index contributed by atoms with van der Waals surface area (Å²) in [5.41, 5.74) is 6.56. The maximum atomic E-state index is 13.7. The number of nitrogens with one attached hydrogen (secondary N) is 1. The minimum Gasteiger partial charge on any atom is -0.326 e. The second kappa shape index (κ2) is 11.1. The number of aryl methyl sites for hydroxylation is 1. The fraction of sp³-hybridized carbons (Fsp3) is 0.517. The third kappa shape index (κ3) is 5.73. The molecule has 2 aromatic carbocycles. The van der Waals surface area contributed by atoms with E-state index in [0.717, 1.165) is 61.3 Å². The summed E-state index contributed by atoms with van der Waals surface area (Å²) in [6.07, 6.45) is 9.00. The number of carbonyl (C=O) groups excluding carboxylic acids is 2. The van der Waals surface area contributed by atoms with E-state index in [4.69, 9.17) is 0 Å². The molecule has 1 heterocycles. The molecule has 4 heteroatoms. The lowest BCUT2D eigenvalue weighted by atomic mass is 9.76. The zero-order valence-electron chi connectivity index (χ0n) is 20.3. The molecule has 1 aliphatic carbocycles. The number of anilines is 1. The Balaban J connectivity index is 1.46. The minimum absolute atomic E-state index is 0.0567. The summed E-state index contributed by atoms with van der Waals surface area (Å²) in [5, 5.41) is 3.00. The monoisotopic (exact) mass is 446 g/mol. The topological polar surface area (TPSA) is 49.4 Å². The highest BCUT2D eigenvalue weighted by Crippen LogP contribution is 2.38. The summed E-state index contributed by atoms with van der Waals surface area (Å²) >= 11 is 0. The van der Waals surface area contributed by atoms with Gasteiger partial charge in [-0.2, -0.15) is 0 Å². The van der Waals surface area contributed by atoms with Crippen molar-refractivity contribution in [3.05, 3.63) is 64.2 Å². The van der Waals surface area contributed by atoms with Crippen LogP contribution < -0.4 is 5.32 Å². The van der Waals surface area contributed by atoms with Crippen LogP contribution in [0.2, 0.25) is 0 Å². The maximum Gasteiger partial charge on any atom is 0.224 e. The molecule has 0 aromatic heterocycles. The van der Waals surface area contributed by atoms with E-state index in [2.05, 4.69) is 60.5 Å². The van der Waals surface area contributed by atoms with Crippen LogP contribution in [0.1, 0.15) is 84.5 Å². The second-order valence-electron chi connectivity index (χ2n) is 9.83. The second-order valence-corrected chi connectivity index (χ2v) is 9.83. The summed E-state index contributed by atoms with van der Waals surface area (Å²) in [6, 6.07) is 12.7. The Morgan fingerprint density at radius 1 is 0.970 bits per heavy atom. The summed E-state index contributed by atoms with van der Waals surface area (Å²) in [5.74, 6) is 0.439. The molecule has 1 amide bonds. The number of ketones is 1. The molecule has 0 saturated heterocycles. The van der Waals surface area contributed by atoms with Crippen LogP contribution in [0.25, 0.3) is 0 Å². The lowest BCUT2D eigenvalue weighted by Gasteiger charge is -2.31. The average Bonchev–Trinajstić information content (AvgIpc) is 2.81. The third-order valence-electron chi connectivity index (χ3n) is 7.37. The molecule has 0 radical (unpaired) electrons. The van der Waals surface area contributed by atoms with Crippen molar-refractivity contribution in [3.63, 3.8) is 0 Å². The van der Waals surface area contributed by atoms with E-state index in [1.807, 2.05) is 0 Å². The molecule has 0 bridgehead atoms. The van der Waals surface area contributed by atoms with E-state index in [1.165, 1.54) is 36.8 Å². The van der Waals surface area contributed by atoms with Gasteiger partial charge >= 0.3 is 0 Å². The molecule has 2 aromatic rings. The first-order valence-electron chi connectivity index (χ1n) is 12.8. The number of benzene rings is 2. The highest BCUT2D eigenvalue weighted by atomic mass is 16.1. The van der Waals surface area contributed by atoms with E-state index in [-0.39, 0.29) is 11.8 Å². The molecule has 0 spiro atoms. The Bertz CT molecular complexity index is 983. The largest absolute Gasteiger partial charge is 0.326 e. The molecule has 33 heavy (non-hydrogen) atoms. The van der Waals surface area contributed by atoms with Gasteiger partial charge in [0.05, 0.1) is 0 Å². The van der Waals surface area contributed by atoms with Crippen molar-refractivity contribution >= 4 is 17.4 Å². The SMILES string of the molecule is CCCCCCN(CCC1CCc2c(C)cc3c(c2C1=O)CCC(=O)N3)Cc1ccccc1. The molecule has 1 N–H and O–H groups in total. The van der Waals surface area contributed by atoms with Crippen molar-refractivity contribution in [1.82, 2.24) is 4.90 Å². The van der Waals surface area contributed by atoms with E-state index in [9.17, 15) is 9.59 Å². The van der Waals surface area contributed by atoms with Crippen molar-refractivity contribution in [1.29, 1.82) is 0 Å². The van der Waals surface area contributed by atoms with Gasteiger partial charge in [-0.25, -0.2) is 0 Å². The molecule has 0 fully saturated rings. The first-order valence-corrected chi connectivity index (χ1v) is 12.8. The predicted octanol–water partition coefficient (Wildman–Crippen LogP) is 6.10. The van der Waals surface area contributed by atoms with Gasteiger partial charge in [-0.1, -0.05) is 56.5 Å². The summed E-state index contributed by atoms with van der Waals surface area (Å²) in [4.78, 5) is 28.1. The Hall–Kier alpha value is -2.46. The Morgan fingerprint density at radius 3 is 2.58 bits per heavy atom. The van der Waals surface area contributed by atoms with Crippen molar-refractivity contribution in [3.8, 4) is 0 Å². The normalized spacial score (nSPS) is 17.6. The quantitative estimate of drug-likeness (QED) is 0.449. The highest BCUT2D eigenvalue weighted by molar-refractivity contribution is 6.05. The molecule has 4 nitrogen and oxygen atoms in total. The van der Waals surface area contributed by atoms with Crippen molar-refractivity contribution in [2.45, 2.75) is 78.2 Å². The molecule has 0 saturated carbocycles. The lowest BCUT2D eigenvalue weighted by Crippen LogP contribution is -2.32. The van der Waals surface area contributed by atoms with Gasteiger partial charge in [0.1, 0.15) is 0 Å². The number of hydrogen-bond donors (Lipinski definition) is 1. The van der Waals surface area contributed by atoms with Crippen molar-refractivity contribution < 1.29 is 9.59 Å². The predicted molar refractivity (Wildman–Crippen MR) is 135 cm³/mol. The summed E-state index contributed by atoms with van der Waals surface area (Å²) < 4.78 is 0. The van der Waals surface area contributed by atoms with Gasteiger partial charge in [0.2, 0.25) is 5.91 Å². The van der Waals surface area contributed by atoms with Crippen LogP contribution in [0.5, 0.6) is 0 Å². The van der Waals surface area contributed by atoms with Crippen LogP contribution in [-0.4, -0.2) is 29.7 Å². The average molecular weight is 447 g/mol. The fourth-order valence-corrected chi connectivity index (χ4v) is 5.49. The fourth-order valence-electron chi connectivity index (χ4n) is 5.49. The molecule has 1 aliphatic heterocycles. The van der Waals surface area contributed by atoms with Gasteiger partial charge in [0, 0.05) is 30.1 Å². The number of hydrogen-bond acceptors (Lipinski definition) is 3. The van der Waals surface area contributed by atoms with Crippen LogP contribution in [0.4, 0.5) is 5.69 Å². The van der Waals surface area contributed by atoms with Gasteiger partial charge in [0.25, 0.3) is 0 Å². The van der Waals surface area contributed by atoms with Gasteiger partial charge in [-0.05, 0) is 80.4 Å². The van der Waals surface area contributed by atoms with Gasteiger partial charge < -0.3 is 5.32 Å². The van der Waals surface area contributed by atoms with E-state index in [0.29, 0.717) is 18.6 Å². The van der Waals surface area contributed by atoms with E-state index >= 15 is 0 Å². The van der Waals surface area contributed by atoms with Gasteiger partial charge in [0.15, 0.2) is 5.78 Å². The zero-order valence-corrected chi connectivity index (χ0v) is 20.3. The zero-order chi connectivity index (χ0) is 23.2. The van der Waals surface area contributed by atoms with Gasteiger partial charge in [-0.3, -0.25) is 14.5 Å². The standard InChI is InChI=1S/C29H38N2O2/c1-3-4-5-9-17-31(20-22-10-7-6-8-11-22)18-16-23-12-13-24-21(2)19-26-25(28(24)29(23)33)14-15-27(32)30-26/h6-8,10-11,19,23H,3-5,9,12-18,20H2,1-2H3,(H,30,32). The molecular formula is C29H38N2O2. The van der Waals surface area contributed by atoms with Crippen molar-refractivity contribution in [2.75, 3.05) is 18.4 Å². The van der Waals surface area contributed by atoms with Crippen LogP contribution in [0, 0.1) is 12.8 Å². The molecule has 2 aliphatic rings. The number of nitrogens with zero attached hydrogens (tertiary/aromatic N) is 1. The third-order valence-corrected chi connectivity index (χ3v) is 7.37. The van der Waals surface area contributed by atoms with Crippen molar-refractivity contribution in [2.24, 2.45) is 5.92 Å². The van der Waals surface area contributed by atoms with Crippen LogP contribution in [0.15, 0.2) is 36.4 Å². The summed E-state index contributed by atoms with van der Waals surface area (Å²) in [7, 11) is 0. The van der Waals surface area contributed by atoms with Crippen LogP contribution in [0.3, 0.4) is 0 Å². The lowest BCUT2D eigenvalue weighted by molar-refractivity contribution is -0.116. The van der Waals surface area contributed by atoms with E-state index < -0.39 is 0 Å². The number of Topliss-reactive ketones (excluding diaryl/α,β-unsaturated/α-hetero) is 1. The van der Waals surface area contributed by atoms with E-state index in [1.54, 1.807) is 0 Å². The molecule has 176 valence electrons. The number of carbonyl (C=O) groups is 2. The highest BCUT2D eigenvalue weighted by Gasteiger charge is 2.33. The first-order chi connectivity index (χ1) is 16.1. The molecule has 1 unspecified atom stereocenters. The number of amides is 1. The smallest absolute Gasteiger partial charge is 0.224 e. The molecule has 4 rings (SSSR count). The molecule has 1 atom stereocenters. The Labute approximate surface area is 198 Å². The molecular weight excluding hydrogens is 408 g/mol. The van der Waals surface area contributed by atoms with Crippen LogP contribution in [-0.2, 0) is 24.2 Å². The Kier molecular flexibility index (Phi) is 7.97. The number of rotatable bonds is 10. The van der Waals surface area contributed by atoms with Crippen LogP contribution >= 0.6 is 0 Å². The van der Waals surface area contributed by atoms with Gasteiger partial charge in [-0.15, -0.1) is 0 Å². The maximum absolute atomic E-state index is 13.7. The number of unbranched alkanes of at least 4 members (excludes halogenated alkanes) is 3. The summed E-state index contributed by atoms with van der Waals surface area (Å²) in [6.45, 7) is 7.32. The number of fused-ring (bicyclic) bond motifs is 3. The minimum atomic E-state index is 0.0567. The Morgan fingerprint density at radius 2 is 1.79 bits per heavy atom.